The van der Waals surface area contributed by atoms with Crippen molar-refractivity contribution in [1.29, 1.82) is 0 Å². The SMILES string of the molecule is CC(=O)NC[C@H]1CN(c2ccc(NC(=O)OCc3ccccc3)c(F)c2)C(=O)O1. The number of halogens is 1. The third-order valence-corrected chi connectivity index (χ3v) is 4.17. The van der Waals surface area contributed by atoms with Gasteiger partial charge in [0, 0.05) is 6.92 Å². The zero-order chi connectivity index (χ0) is 20.8. The lowest BCUT2D eigenvalue weighted by Crippen LogP contribution is -2.33. The smallest absolute Gasteiger partial charge is 0.414 e. The van der Waals surface area contributed by atoms with Gasteiger partial charge < -0.3 is 14.8 Å². The molecule has 0 aromatic heterocycles. The van der Waals surface area contributed by atoms with E-state index in [1.165, 1.54) is 24.0 Å². The number of benzene rings is 2. The van der Waals surface area contributed by atoms with Crippen LogP contribution in [0, 0.1) is 5.82 Å². The summed E-state index contributed by atoms with van der Waals surface area (Å²) in [5.74, 6) is -0.961. The molecular formula is C20H20FN3O5. The Balaban J connectivity index is 1.57. The number of hydrogen-bond donors (Lipinski definition) is 2. The lowest BCUT2D eigenvalue weighted by molar-refractivity contribution is -0.119. The fourth-order valence-corrected chi connectivity index (χ4v) is 2.74. The minimum absolute atomic E-state index is 0.0572. The Hall–Kier alpha value is -3.62. The monoisotopic (exact) mass is 401 g/mol. The molecule has 1 saturated heterocycles. The molecule has 29 heavy (non-hydrogen) atoms. The van der Waals surface area contributed by atoms with E-state index < -0.39 is 24.1 Å². The molecule has 0 saturated carbocycles. The third-order valence-electron chi connectivity index (χ3n) is 4.17. The molecule has 0 radical (unpaired) electrons. The van der Waals surface area contributed by atoms with Gasteiger partial charge in [-0.05, 0) is 23.8 Å². The molecule has 0 unspecified atom stereocenters. The van der Waals surface area contributed by atoms with E-state index in [-0.39, 0.29) is 37.0 Å². The molecule has 1 atom stereocenters. The van der Waals surface area contributed by atoms with Gasteiger partial charge in [0.25, 0.3) is 0 Å². The first-order valence-electron chi connectivity index (χ1n) is 8.92. The van der Waals surface area contributed by atoms with Crippen LogP contribution in [0.3, 0.4) is 0 Å². The predicted octanol–water partition coefficient (Wildman–Crippen LogP) is 3.04. The van der Waals surface area contributed by atoms with Gasteiger partial charge in [-0.15, -0.1) is 0 Å². The van der Waals surface area contributed by atoms with E-state index in [1.54, 1.807) is 12.1 Å². The average molecular weight is 401 g/mol. The molecule has 0 bridgehead atoms. The van der Waals surface area contributed by atoms with Gasteiger partial charge in [-0.1, -0.05) is 30.3 Å². The largest absolute Gasteiger partial charge is 0.444 e. The second kappa shape index (κ2) is 9.05. The first-order chi connectivity index (χ1) is 13.9. The summed E-state index contributed by atoms with van der Waals surface area (Å²) in [6.45, 7) is 1.76. The molecule has 8 nitrogen and oxygen atoms in total. The number of nitrogens with zero attached hydrogens (tertiary/aromatic N) is 1. The highest BCUT2D eigenvalue weighted by Gasteiger charge is 2.32. The third kappa shape index (κ3) is 5.44. The summed E-state index contributed by atoms with van der Waals surface area (Å²) < 4.78 is 24.6. The van der Waals surface area contributed by atoms with Crippen molar-refractivity contribution in [3.8, 4) is 0 Å². The van der Waals surface area contributed by atoms with Crippen LogP contribution in [-0.4, -0.2) is 37.3 Å². The maximum absolute atomic E-state index is 14.4. The minimum Gasteiger partial charge on any atom is -0.444 e. The maximum atomic E-state index is 14.4. The fourth-order valence-electron chi connectivity index (χ4n) is 2.74. The molecule has 152 valence electrons. The Kier molecular flexibility index (Phi) is 6.28. The normalized spacial score (nSPS) is 15.6. The summed E-state index contributed by atoms with van der Waals surface area (Å²) in [5.41, 5.74) is 1.01. The van der Waals surface area contributed by atoms with Gasteiger partial charge in [-0.3, -0.25) is 15.0 Å². The van der Waals surface area contributed by atoms with Crippen LogP contribution < -0.4 is 15.5 Å². The zero-order valence-corrected chi connectivity index (χ0v) is 15.7. The van der Waals surface area contributed by atoms with E-state index in [4.69, 9.17) is 9.47 Å². The van der Waals surface area contributed by atoms with Crippen molar-refractivity contribution >= 4 is 29.5 Å². The second-order valence-electron chi connectivity index (χ2n) is 6.40. The summed E-state index contributed by atoms with van der Waals surface area (Å²) in [6, 6.07) is 13.0. The summed E-state index contributed by atoms with van der Waals surface area (Å²) in [4.78, 5) is 36.1. The topological polar surface area (TPSA) is 97.0 Å². The highest BCUT2D eigenvalue weighted by Crippen LogP contribution is 2.26. The number of anilines is 2. The van der Waals surface area contributed by atoms with Crippen LogP contribution in [0.2, 0.25) is 0 Å². The van der Waals surface area contributed by atoms with E-state index in [2.05, 4.69) is 10.6 Å². The van der Waals surface area contributed by atoms with Gasteiger partial charge in [0.1, 0.15) is 18.5 Å². The van der Waals surface area contributed by atoms with Crippen molar-refractivity contribution in [3.05, 3.63) is 59.9 Å². The minimum atomic E-state index is -0.795. The van der Waals surface area contributed by atoms with Crippen LogP contribution in [0.15, 0.2) is 48.5 Å². The van der Waals surface area contributed by atoms with Gasteiger partial charge in [0.05, 0.1) is 24.5 Å². The molecule has 1 aliphatic rings. The lowest BCUT2D eigenvalue weighted by Gasteiger charge is -2.15. The zero-order valence-electron chi connectivity index (χ0n) is 15.7. The summed E-state index contributed by atoms with van der Waals surface area (Å²) in [6.07, 6.45) is -1.96. The molecule has 9 heteroatoms. The number of rotatable bonds is 6. The molecule has 3 amide bonds. The molecule has 0 spiro atoms. The van der Waals surface area contributed by atoms with Crippen LogP contribution in [0.5, 0.6) is 0 Å². The first kappa shape index (κ1) is 20.1. The van der Waals surface area contributed by atoms with Crippen molar-refractivity contribution < 1.29 is 28.2 Å². The molecular weight excluding hydrogens is 381 g/mol. The maximum Gasteiger partial charge on any atom is 0.414 e. The fraction of sp³-hybridized carbons (Fsp3) is 0.250. The Morgan fingerprint density at radius 3 is 2.69 bits per heavy atom. The van der Waals surface area contributed by atoms with Crippen molar-refractivity contribution in [2.75, 3.05) is 23.3 Å². The number of ether oxygens (including phenoxy) is 2. The van der Waals surface area contributed by atoms with Crippen molar-refractivity contribution in [2.24, 2.45) is 0 Å². The van der Waals surface area contributed by atoms with E-state index in [9.17, 15) is 18.8 Å². The van der Waals surface area contributed by atoms with Gasteiger partial charge in [0.15, 0.2) is 0 Å². The van der Waals surface area contributed by atoms with Crippen LogP contribution in [0.1, 0.15) is 12.5 Å². The van der Waals surface area contributed by atoms with Crippen molar-refractivity contribution in [3.63, 3.8) is 0 Å². The van der Waals surface area contributed by atoms with Crippen LogP contribution in [0.4, 0.5) is 25.4 Å². The predicted molar refractivity (Wildman–Crippen MR) is 103 cm³/mol. The Bertz CT molecular complexity index is 906. The number of cyclic esters (lactones) is 1. The van der Waals surface area contributed by atoms with Crippen LogP contribution in [-0.2, 0) is 20.9 Å². The molecule has 2 aromatic rings. The number of hydrogen-bond acceptors (Lipinski definition) is 5. The molecule has 1 aliphatic heterocycles. The Morgan fingerprint density at radius 1 is 1.24 bits per heavy atom. The molecule has 2 N–H and O–H groups in total. The van der Waals surface area contributed by atoms with Crippen LogP contribution >= 0.6 is 0 Å². The van der Waals surface area contributed by atoms with E-state index in [1.807, 2.05) is 18.2 Å². The molecule has 2 aromatic carbocycles. The van der Waals surface area contributed by atoms with E-state index >= 15 is 0 Å². The quantitative estimate of drug-likeness (QED) is 0.776. The van der Waals surface area contributed by atoms with Crippen LogP contribution in [0.25, 0.3) is 0 Å². The second-order valence-corrected chi connectivity index (χ2v) is 6.40. The Morgan fingerprint density at radius 2 is 2.00 bits per heavy atom. The molecule has 3 rings (SSSR count). The Labute approximate surface area is 166 Å². The van der Waals surface area contributed by atoms with Gasteiger partial charge in [-0.2, -0.15) is 0 Å². The van der Waals surface area contributed by atoms with Gasteiger partial charge in [0.2, 0.25) is 5.91 Å². The summed E-state index contributed by atoms with van der Waals surface area (Å²) in [5, 5.41) is 4.90. The van der Waals surface area contributed by atoms with Gasteiger partial charge in [-0.25, -0.2) is 14.0 Å². The molecule has 0 aliphatic carbocycles. The lowest BCUT2D eigenvalue weighted by atomic mass is 10.2. The number of carbonyl (C=O) groups excluding carboxylic acids is 3. The molecule has 1 fully saturated rings. The number of carbonyl (C=O) groups is 3. The average Bonchev–Trinajstić information content (AvgIpc) is 3.08. The highest BCUT2D eigenvalue weighted by molar-refractivity contribution is 5.91. The number of nitrogens with one attached hydrogen (secondary N) is 2. The van der Waals surface area contributed by atoms with E-state index in [0.29, 0.717) is 0 Å². The van der Waals surface area contributed by atoms with E-state index in [0.717, 1.165) is 11.6 Å². The summed E-state index contributed by atoms with van der Waals surface area (Å²) in [7, 11) is 0. The standard InChI is InChI=1S/C20H20FN3O5/c1-13(25)22-10-16-11-24(20(27)29-16)15-7-8-18(17(21)9-15)23-19(26)28-12-14-5-3-2-4-6-14/h2-9,16H,10-12H2,1H3,(H,22,25)(H,23,26)/t16-/m0/s1. The highest BCUT2D eigenvalue weighted by atomic mass is 19.1. The van der Waals surface area contributed by atoms with Crippen molar-refractivity contribution in [1.82, 2.24) is 5.32 Å². The van der Waals surface area contributed by atoms with Crippen molar-refractivity contribution in [2.45, 2.75) is 19.6 Å². The first-order valence-corrected chi connectivity index (χ1v) is 8.92. The number of amides is 3. The summed E-state index contributed by atoms with van der Waals surface area (Å²) >= 11 is 0. The molecule has 1 heterocycles. The van der Waals surface area contributed by atoms with Gasteiger partial charge >= 0.3 is 12.2 Å².